The van der Waals surface area contributed by atoms with E-state index in [1.807, 2.05) is 0 Å². The average molecular weight is 410 g/mol. The number of carboxylic acid groups (broad SMARTS) is 1. The normalized spacial score (nSPS) is 11.2. The van der Waals surface area contributed by atoms with Gasteiger partial charge in [0.2, 0.25) is 5.91 Å². The fourth-order valence-corrected chi connectivity index (χ4v) is 2.72. The standard InChI is InChI=1S/C17H13BrFNO3S/c18-12-3-1-11(2-4-12)9-15(17(22)23)24-10-16(21)20-14-7-5-13(19)6-8-14/h1-9H,10H2,(H,20,21)(H,22,23)/b15-9+. The lowest BCUT2D eigenvalue weighted by Gasteiger charge is -2.06. The molecule has 0 aliphatic carbocycles. The highest BCUT2D eigenvalue weighted by Gasteiger charge is 2.11. The van der Waals surface area contributed by atoms with Crippen LogP contribution in [0, 0.1) is 5.82 Å². The van der Waals surface area contributed by atoms with Gasteiger partial charge in [0.15, 0.2) is 0 Å². The van der Waals surface area contributed by atoms with E-state index in [0.717, 1.165) is 21.8 Å². The Bertz CT molecular complexity index is 760. The molecule has 2 N–H and O–H groups in total. The number of carboxylic acids is 1. The van der Waals surface area contributed by atoms with Gasteiger partial charge in [-0.2, -0.15) is 0 Å². The summed E-state index contributed by atoms with van der Waals surface area (Å²) in [5.41, 5.74) is 1.18. The Hall–Kier alpha value is -2.12. The van der Waals surface area contributed by atoms with E-state index in [1.54, 1.807) is 24.3 Å². The molecule has 0 aliphatic rings. The first-order chi connectivity index (χ1) is 11.4. The number of anilines is 1. The molecular weight excluding hydrogens is 397 g/mol. The van der Waals surface area contributed by atoms with Crippen molar-refractivity contribution in [3.05, 3.63) is 69.3 Å². The molecule has 0 atom stereocenters. The van der Waals surface area contributed by atoms with Crippen LogP contribution in [0.25, 0.3) is 6.08 Å². The highest BCUT2D eigenvalue weighted by molar-refractivity contribution is 9.10. The molecule has 0 radical (unpaired) electrons. The Morgan fingerprint density at radius 2 is 1.75 bits per heavy atom. The molecule has 0 heterocycles. The second-order valence-corrected chi connectivity index (χ2v) is 6.64. The van der Waals surface area contributed by atoms with Crippen molar-refractivity contribution in [2.45, 2.75) is 0 Å². The van der Waals surface area contributed by atoms with E-state index >= 15 is 0 Å². The number of amides is 1. The maximum atomic E-state index is 12.8. The van der Waals surface area contributed by atoms with E-state index in [4.69, 9.17) is 0 Å². The number of thioether (sulfide) groups is 1. The average Bonchev–Trinajstić information content (AvgIpc) is 2.55. The van der Waals surface area contributed by atoms with Gasteiger partial charge in [-0.25, -0.2) is 9.18 Å². The third kappa shape index (κ3) is 5.82. The number of hydrogen-bond acceptors (Lipinski definition) is 3. The van der Waals surface area contributed by atoms with Crippen LogP contribution in [0.15, 0.2) is 57.9 Å². The molecule has 24 heavy (non-hydrogen) atoms. The molecule has 124 valence electrons. The summed E-state index contributed by atoms with van der Waals surface area (Å²) in [5.74, 6) is -1.92. The van der Waals surface area contributed by atoms with Crippen LogP contribution < -0.4 is 5.32 Å². The summed E-state index contributed by atoms with van der Waals surface area (Å²) in [4.78, 5) is 23.2. The monoisotopic (exact) mass is 409 g/mol. The largest absolute Gasteiger partial charge is 0.477 e. The summed E-state index contributed by atoms with van der Waals surface area (Å²) in [6.07, 6.45) is 1.50. The predicted molar refractivity (Wildman–Crippen MR) is 97.2 cm³/mol. The highest BCUT2D eigenvalue weighted by atomic mass is 79.9. The zero-order valence-corrected chi connectivity index (χ0v) is 14.7. The Balaban J connectivity index is 1.98. The van der Waals surface area contributed by atoms with Crippen LogP contribution in [-0.4, -0.2) is 22.7 Å². The van der Waals surface area contributed by atoms with Gasteiger partial charge < -0.3 is 10.4 Å². The lowest BCUT2D eigenvalue weighted by Crippen LogP contribution is -2.15. The molecule has 0 saturated heterocycles. The van der Waals surface area contributed by atoms with E-state index in [1.165, 1.54) is 30.3 Å². The van der Waals surface area contributed by atoms with Crippen LogP contribution in [0.1, 0.15) is 5.56 Å². The number of nitrogens with one attached hydrogen (secondary N) is 1. The van der Waals surface area contributed by atoms with Crippen LogP contribution in [0.4, 0.5) is 10.1 Å². The Kier molecular flexibility index (Phi) is 6.57. The van der Waals surface area contributed by atoms with Crippen LogP contribution in [0.5, 0.6) is 0 Å². The van der Waals surface area contributed by atoms with E-state index in [-0.39, 0.29) is 16.6 Å². The molecule has 0 spiro atoms. The molecule has 0 saturated carbocycles. The van der Waals surface area contributed by atoms with Crippen molar-refractivity contribution in [3.63, 3.8) is 0 Å². The van der Waals surface area contributed by atoms with Crippen LogP contribution >= 0.6 is 27.7 Å². The van der Waals surface area contributed by atoms with E-state index < -0.39 is 11.8 Å². The molecule has 1 amide bonds. The lowest BCUT2D eigenvalue weighted by atomic mass is 10.2. The van der Waals surface area contributed by atoms with Gasteiger partial charge in [0.05, 0.1) is 10.7 Å². The number of aliphatic carboxylic acids is 1. The van der Waals surface area contributed by atoms with Crippen molar-refractivity contribution in [3.8, 4) is 0 Å². The van der Waals surface area contributed by atoms with Gasteiger partial charge in [-0.05, 0) is 48.0 Å². The number of benzene rings is 2. The number of rotatable bonds is 6. The minimum Gasteiger partial charge on any atom is -0.477 e. The second kappa shape index (κ2) is 8.65. The topological polar surface area (TPSA) is 66.4 Å². The predicted octanol–water partition coefficient (Wildman–Crippen LogP) is 4.39. The van der Waals surface area contributed by atoms with Crippen molar-refractivity contribution in [2.24, 2.45) is 0 Å². The lowest BCUT2D eigenvalue weighted by molar-refractivity contribution is -0.131. The van der Waals surface area contributed by atoms with E-state index in [2.05, 4.69) is 21.2 Å². The van der Waals surface area contributed by atoms with Crippen molar-refractivity contribution < 1.29 is 19.1 Å². The van der Waals surface area contributed by atoms with Crippen molar-refractivity contribution in [1.82, 2.24) is 0 Å². The third-order valence-electron chi connectivity index (χ3n) is 2.87. The molecule has 4 nitrogen and oxygen atoms in total. The molecule has 0 bridgehead atoms. The molecule has 2 rings (SSSR count). The number of halogens is 2. The Morgan fingerprint density at radius 1 is 1.12 bits per heavy atom. The second-order valence-electron chi connectivity index (χ2n) is 4.71. The third-order valence-corrected chi connectivity index (χ3v) is 4.40. The van der Waals surface area contributed by atoms with Crippen molar-refractivity contribution in [1.29, 1.82) is 0 Å². The Labute approximate surface area is 150 Å². The molecule has 2 aromatic rings. The van der Waals surface area contributed by atoms with Gasteiger partial charge in [-0.3, -0.25) is 4.79 Å². The molecule has 0 unspecified atom stereocenters. The quantitative estimate of drug-likeness (QED) is 0.694. The van der Waals surface area contributed by atoms with Gasteiger partial charge >= 0.3 is 5.97 Å². The first-order valence-corrected chi connectivity index (χ1v) is 8.60. The minimum absolute atomic E-state index is 0.0616. The minimum atomic E-state index is -1.10. The maximum absolute atomic E-state index is 12.8. The molecule has 7 heteroatoms. The molecule has 0 aromatic heterocycles. The van der Waals surface area contributed by atoms with Gasteiger partial charge in [0, 0.05) is 10.2 Å². The van der Waals surface area contributed by atoms with Gasteiger partial charge in [0.1, 0.15) is 5.82 Å². The van der Waals surface area contributed by atoms with Crippen LogP contribution in [-0.2, 0) is 9.59 Å². The van der Waals surface area contributed by atoms with Gasteiger partial charge in [-0.1, -0.05) is 28.1 Å². The number of carbonyl (C=O) groups is 2. The fraction of sp³-hybridized carbons (Fsp3) is 0.0588. The van der Waals surface area contributed by atoms with Gasteiger partial charge in [-0.15, -0.1) is 11.8 Å². The summed E-state index contributed by atoms with van der Waals surface area (Å²) >= 11 is 4.23. The first kappa shape index (κ1) is 18.2. The molecule has 0 fully saturated rings. The van der Waals surface area contributed by atoms with Gasteiger partial charge in [0.25, 0.3) is 0 Å². The zero-order chi connectivity index (χ0) is 17.5. The number of hydrogen-bond donors (Lipinski definition) is 2. The SMILES string of the molecule is O=C(CS/C(=C/c1ccc(Br)cc1)C(=O)O)Nc1ccc(F)cc1. The van der Waals surface area contributed by atoms with Crippen LogP contribution in [0.2, 0.25) is 0 Å². The molecule has 2 aromatic carbocycles. The zero-order valence-electron chi connectivity index (χ0n) is 12.3. The molecular formula is C17H13BrFNO3S. The highest BCUT2D eigenvalue weighted by Crippen LogP contribution is 2.21. The van der Waals surface area contributed by atoms with E-state index in [9.17, 15) is 19.1 Å². The summed E-state index contributed by atoms with van der Waals surface area (Å²) < 4.78 is 13.7. The van der Waals surface area contributed by atoms with Crippen LogP contribution in [0.3, 0.4) is 0 Å². The first-order valence-electron chi connectivity index (χ1n) is 6.83. The van der Waals surface area contributed by atoms with E-state index in [0.29, 0.717) is 5.69 Å². The maximum Gasteiger partial charge on any atom is 0.342 e. The summed E-state index contributed by atoms with van der Waals surface area (Å²) in [7, 11) is 0. The molecule has 0 aliphatic heterocycles. The van der Waals surface area contributed by atoms with Crippen molar-refractivity contribution in [2.75, 3.05) is 11.1 Å². The summed E-state index contributed by atoms with van der Waals surface area (Å²) in [5, 5.41) is 11.8. The summed E-state index contributed by atoms with van der Waals surface area (Å²) in [6, 6.07) is 12.5. The smallest absolute Gasteiger partial charge is 0.342 e. The fourth-order valence-electron chi connectivity index (χ4n) is 1.75. The number of carbonyl (C=O) groups excluding carboxylic acids is 1. The Morgan fingerprint density at radius 3 is 2.33 bits per heavy atom. The summed E-state index contributed by atoms with van der Waals surface area (Å²) in [6.45, 7) is 0. The van der Waals surface area contributed by atoms with Crippen molar-refractivity contribution >= 4 is 51.3 Å².